The standard InChI is InChI=1S/C13H13N5/c1-18(9-10-2-4-12(15)5-3-10)13-11(8-14)6-7-16-17-13/h2-7H,9,15H2,1H3. The van der Waals surface area contributed by atoms with E-state index in [2.05, 4.69) is 16.3 Å². The first-order valence-corrected chi connectivity index (χ1v) is 5.48. The lowest BCUT2D eigenvalue weighted by Crippen LogP contribution is -2.19. The molecular weight excluding hydrogens is 226 g/mol. The molecule has 0 saturated carbocycles. The van der Waals surface area contributed by atoms with Gasteiger partial charge in [0, 0.05) is 19.3 Å². The first-order chi connectivity index (χ1) is 8.70. The van der Waals surface area contributed by atoms with Crippen LogP contribution < -0.4 is 10.6 Å². The number of hydrogen-bond acceptors (Lipinski definition) is 5. The van der Waals surface area contributed by atoms with Gasteiger partial charge in [0.25, 0.3) is 0 Å². The van der Waals surface area contributed by atoms with Crippen molar-refractivity contribution in [3.05, 3.63) is 47.7 Å². The topological polar surface area (TPSA) is 78.8 Å². The number of nitrogens with zero attached hydrogens (tertiary/aromatic N) is 4. The van der Waals surface area contributed by atoms with Crippen LogP contribution in [-0.4, -0.2) is 17.2 Å². The van der Waals surface area contributed by atoms with Crippen molar-refractivity contribution in [2.75, 3.05) is 17.7 Å². The van der Waals surface area contributed by atoms with E-state index < -0.39 is 0 Å². The van der Waals surface area contributed by atoms with Gasteiger partial charge >= 0.3 is 0 Å². The molecule has 2 aromatic rings. The van der Waals surface area contributed by atoms with E-state index in [1.807, 2.05) is 36.2 Å². The van der Waals surface area contributed by atoms with E-state index in [0.717, 1.165) is 11.3 Å². The van der Waals surface area contributed by atoms with Crippen LogP contribution in [0.1, 0.15) is 11.1 Å². The molecule has 5 heteroatoms. The molecule has 1 heterocycles. The Labute approximate surface area is 105 Å². The van der Waals surface area contributed by atoms with Crippen LogP contribution in [0, 0.1) is 11.3 Å². The van der Waals surface area contributed by atoms with Gasteiger partial charge < -0.3 is 10.6 Å². The molecule has 0 saturated heterocycles. The van der Waals surface area contributed by atoms with Crippen LogP contribution in [0.2, 0.25) is 0 Å². The molecule has 1 aromatic heterocycles. The number of rotatable bonds is 3. The Morgan fingerprint density at radius 2 is 2.00 bits per heavy atom. The molecule has 2 N–H and O–H groups in total. The van der Waals surface area contributed by atoms with Gasteiger partial charge in [-0.3, -0.25) is 0 Å². The summed E-state index contributed by atoms with van der Waals surface area (Å²) in [6, 6.07) is 11.4. The maximum absolute atomic E-state index is 9.01. The predicted octanol–water partition coefficient (Wildman–Crippen LogP) is 1.57. The van der Waals surface area contributed by atoms with Gasteiger partial charge in [-0.25, -0.2) is 0 Å². The predicted molar refractivity (Wildman–Crippen MR) is 69.7 cm³/mol. The van der Waals surface area contributed by atoms with E-state index in [4.69, 9.17) is 11.0 Å². The number of nitrogens with two attached hydrogens (primary N) is 1. The van der Waals surface area contributed by atoms with Crippen molar-refractivity contribution in [1.29, 1.82) is 5.26 Å². The normalized spacial score (nSPS) is 9.78. The highest BCUT2D eigenvalue weighted by Gasteiger charge is 2.09. The van der Waals surface area contributed by atoms with Crippen LogP contribution in [0.3, 0.4) is 0 Å². The molecule has 0 radical (unpaired) electrons. The highest BCUT2D eigenvalue weighted by molar-refractivity contribution is 5.52. The Morgan fingerprint density at radius 1 is 1.28 bits per heavy atom. The molecule has 0 fully saturated rings. The Morgan fingerprint density at radius 3 is 2.67 bits per heavy atom. The Balaban J connectivity index is 2.19. The fourth-order valence-electron chi connectivity index (χ4n) is 1.67. The molecule has 5 nitrogen and oxygen atoms in total. The molecule has 1 aromatic carbocycles. The molecule has 0 aliphatic rings. The van der Waals surface area contributed by atoms with Crippen LogP contribution in [0.25, 0.3) is 0 Å². The molecule has 0 aliphatic carbocycles. The second-order valence-corrected chi connectivity index (χ2v) is 3.98. The maximum atomic E-state index is 9.01. The van der Waals surface area contributed by atoms with Crippen molar-refractivity contribution in [2.24, 2.45) is 0 Å². The summed E-state index contributed by atoms with van der Waals surface area (Å²) in [6.45, 7) is 0.646. The van der Waals surface area contributed by atoms with Gasteiger partial charge in [-0.15, -0.1) is 5.10 Å². The van der Waals surface area contributed by atoms with Crippen molar-refractivity contribution >= 4 is 11.5 Å². The van der Waals surface area contributed by atoms with E-state index in [1.54, 1.807) is 6.07 Å². The molecule has 18 heavy (non-hydrogen) atoms. The zero-order valence-corrected chi connectivity index (χ0v) is 10.0. The van der Waals surface area contributed by atoms with Gasteiger partial charge in [-0.2, -0.15) is 10.4 Å². The van der Waals surface area contributed by atoms with Crippen molar-refractivity contribution in [3.8, 4) is 6.07 Å². The van der Waals surface area contributed by atoms with Crippen molar-refractivity contribution < 1.29 is 0 Å². The maximum Gasteiger partial charge on any atom is 0.169 e. The van der Waals surface area contributed by atoms with Crippen LogP contribution >= 0.6 is 0 Å². The van der Waals surface area contributed by atoms with Gasteiger partial charge in [0.15, 0.2) is 5.82 Å². The first-order valence-electron chi connectivity index (χ1n) is 5.48. The average Bonchev–Trinajstić information content (AvgIpc) is 2.41. The van der Waals surface area contributed by atoms with Crippen molar-refractivity contribution in [2.45, 2.75) is 6.54 Å². The van der Waals surface area contributed by atoms with Crippen LogP contribution in [-0.2, 0) is 6.54 Å². The largest absolute Gasteiger partial charge is 0.399 e. The van der Waals surface area contributed by atoms with E-state index in [-0.39, 0.29) is 0 Å². The molecule has 0 atom stereocenters. The van der Waals surface area contributed by atoms with Crippen molar-refractivity contribution in [3.63, 3.8) is 0 Å². The van der Waals surface area contributed by atoms with Gasteiger partial charge in [-0.1, -0.05) is 12.1 Å². The lowest BCUT2D eigenvalue weighted by atomic mass is 10.2. The van der Waals surface area contributed by atoms with Crippen LogP contribution in [0.4, 0.5) is 11.5 Å². The summed E-state index contributed by atoms with van der Waals surface area (Å²) in [7, 11) is 1.88. The minimum absolute atomic E-state index is 0.517. The highest BCUT2D eigenvalue weighted by atomic mass is 15.2. The molecule has 0 aliphatic heterocycles. The highest BCUT2D eigenvalue weighted by Crippen LogP contribution is 2.16. The third-order valence-corrected chi connectivity index (χ3v) is 2.58. The number of anilines is 2. The molecular formula is C13H13N5. The van der Waals surface area contributed by atoms with E-state index in [1.165, 1.54) is 6.20 Å². The number of hydrogen-bond donors (Lipinski definition) is 1. The zero-order valence-electron chi connectivity index (χ0n) is 10.0. The second-order valence-electron chi connectivity index (χ2n) is 3.98. The van der Waals surface area contributed by atoms with E-state index >= 15 is 0 Å². The molecule has 0 amide bonds. The second kappa shape index (κ2) is 5.15. The average molecular weight is 239 g/mol. The molecule has 2 rings (SSSR count). The summed E-state index contributed by atoms with van der Waals surface area (Å²) >= 11 is 0. The lowest BCUT2D eigenvalue weighted by molar-refractivity contribution is 0.863. The summed E-state index contributed by atoms with van der Waals surface area (Å²) < 4.78 is 0. The summed E-state index contributed by atoms with van der Waals surface area (Å²) in [5.41, 5.74) is 7.99. The fourth-order valence-corrected chi connectivity index (χ4v) is 1.67. The molecule has 0 bridgehead atoms. The molecule has 90 valence electrons. The SMILES string of the molecule is CN(Cc1ccc(N)cc1)c1nnccc1C#N. The van der Waals surface area contributed by atoms with E-state index in [9.17, 15) is 0 Å². The van der Waals surface area contributed by atoms with Crippen LogP contribution in [0.15, 0.2) is 36.5 Å². The fraction of sp³-hybridized carbons (Fsp3) is 0.154. The minimum atomic E-state index is 0.517. The Kier molecular flexibility index (Phi) is 3.39. The van der Waals surface area contributed by atoms with Gasteiger partial charge in [0.05, 0.1) is 11.8 Å². The zero-order chi connectivity index (χ0) is 13.0. The first kappa shape index (κ1) is 11.9. The summed E-state index contributed by atoms with van der Waals surface area (Å²) in [5.74, 6) is 0.580. The summed E-state index contributed by atoms with van der Waals surface area (Å²) in [6.07, 6.45) is 1.51. The van der Waals surface area contributed by atoms with Crippen LogP contribution in [0.5, 0.6) is 0 Å². The summed E-state index contributed by atoms with van der Waals surface area (Å²) in [4.78, 5) is 1.89. The molecule has 0 spiro atoms. The quantitative estimate of drug-likeness (QED) is 0.822. The Bertz CT molecular complexity index is 571. The third kappa shape index (κ3) is 2.55. The summed E-state index contributed by atoms with van der Waals surface area (Å²) in [5, 5.41) is 16.8. The number of nitrogen functional groups attached to an aromatic ring is 1. The smallest absolute Gasteiger partial charge is 0.169 e. The molecule has 0 unspecified atom stereocenters. The lowest BCUT2D eigenvalue weighted by Gasteiger charge is -2.18. The number of nitriles is 1. The van der Waals surface area contributed by atoms with Gasteiger partial charge in [-0.05, 0) is 23.8 Å². The Hall–Kier alpha value is -2.61. The third-order valence-electron chi connectivity index (χ3n) is 2.58. The number of benzene rings is 1. The van der Waals surface area contributed by atoms with Gasteiger partial charge in [0.2, 0.25) is 0 Å². The van der Waals surface area contributed by atoms with E-state index in [0.29, 0.717) is 17.9 Å². The van der Waals surface area contributed by atoms with Crippen molar-refractivity contribution in [1.82, 2.24) is 10.2 Å². The number of aromatic nitrogens is 2. The van der Waals surface area contributed by atoms with Gasteiger partial charge in [0.1, 0.15) is 6.07 Å². The monoisotopic (exact) mass is 239 g/mol. The minimum Gasteiger partial charge on any atom is -0.399 e.